The molecule has 0 aromatic carbocycles. The van der Waals surface area contributed by atoms with Gasteiger partial charge in [0.1, 0.15) is 0 Å². The summed E-state index contributed by atoms with van der Waals surface area (Å²) in [6.45, 7) is 9.32. The number of nitrogens with zero attached hydrogens (tertiary/aromatic N) is 1. The fourth-order valence-corrected chi connectivity index (χ4v) is 2.46. The van der Waals surface area contributed by atoms with Crippen LogP contribution >= 0.6 is 11.3 Å². The molecule has 0 bridgehead atoms. The first kappa shape index (κ1) is 14.6. The van der Waals surface area contributed by atoms with E-state index >= 15 is 0 Å². The minimum atomic E-state index is 0.363. The molecule has 1 heterocycles. The second-order valence-electron chi connectivity index (χ2n) is 4.29. The SMILES string of the molecule is CCNCCCC(C)OCCc1scnc1C. The predicted octanol–water partition coefficient (Wildman–Crippen LogP) is 2.79. The zero-order valence-corrected chi connectivity index (χ0v) is 12.0. The van der Waals surface area contributed by atoms with Crippen molar-refractivity contribution in [1.82, 2.24) is 10.3 Å². The first-order valence-electron chi connectivity index (χ1n) is 6.45. The molecule has 1 rings (SSSR count). The van der Waals surface area contributed by atoms with E-state index < -0.39 is 0 Å². The fourth-order valence-electron chi connectivity index (χ4n) is 1.69. The Morgan fingerprint density at radius 1 is 1.53 bits per heavy atom. The number of nitrogens with one attached hydrogen (secondary N) is 1. The van der Waals surface area contributed by atoms with Crippen LogP contribution in [0.5, 0.6) is 0 Å². The maximum absolute atomic E-state index is 5.80. The van der Waals surface area contributed by atoms with E-state index in [9.17, 15) is 0 Å². The molecule has 1 aromatic heterocycles. The quantitative estimate of drug-likeness (QED) is 0.690. The summed E-state index contributed by atoms with van der Waals surface area (Å²) in [5, 5.41) is 3.33. The van der Waals surface area contributed by atoms with Crippen molar-refractivity contribution in [3.63, 3.8) is 0 Å². The van der Waals surface area contributed by atoms with Gasteiger partial charge in [-0.25, -0.2) is 4.98 Å². The molecule has 1 unspecified atom stereocenters. The molecular weight excluding hydrogens is 232 g/mol. The molecule has 0 saturated heterocycles. The molecule has 3 nitrogen and oxygen atoms in total. The van der Waals surface area contributed by atoms with Crippen molar-refractivity contribution in [2.75, 3.05) is 19.7 Å². The van der Waals surface area contributed by atoms with Gasteiger partial charge in [-0.15, -0.1) is 11.3 Å². The smallest absolute Gasteiger partial charge is 0.0797 e. The normalized spacial score (nSPS) is 12.9. The Kier molecular flexibility index (Phi) is 7.40. The van der Waals surface area contributed by atoms with Crippen molar-refractivity contribution >= 4 is 11.3 Å². The molecule has 0 amide bonds. The number of aromatic nitrogens is 1. The van der Waals surface area contributed by atoms with Gasteiger partial charge in [0.15, 0.2) is 0 Å². The summed E-state index contributed by atoms with van der Waals surface area (Å²) in [7, 11) is 0. The number of hydrogen-bond donors (Lipinski definition) is 1. The lowest BCUT2D eigenvalue weighted by Gasteiger charge is -2.12. The molecule has 0 radical (unpaired) electrons. The lowest BCUT2D eigenvalue weighted by Crippen LogP contribution is -2.17. The highest BCUT2D eigenvalue weighted by Gasteiger charge is 2.04. The van der Waals surface area contributed by atoms with E-state index in [2.05, 4.69) is 31.1 Å². The lowest BCUT2D eigenvalue weighted by atomic mass is 10.2. The van der Waals surface area contributed by atoms with Crippen LogP contribution in [0.15, 0.2) is 5.51 Å². The highest BCUT2D eigenvalue weighted by atomic mass is 32.1. The van der Waals surface area contributed by atoms with Crippen molar-refractivity contribution in [2.24, 2.45) is 0 Å². The maximum Gasteiger partial charge on any atom is 0.0797 e. The molecule has 4 heteroatoms. The third kappa shape index (κ3) is 6.15. The maximum atomic E-state index is 5.80. The van der Waals surface area contributed by atoms with Gasteiger partial charge in [0.2, 0.25) is 0 Å². The minimum absolute atomic E-state index is 0.363. The first-order valence-corrected chi connectivity index (χ1v) is 7.33. The molecule has 0 fully saturated rings. The van der Waals surface area contributed by atoms with Gasteiger partial charge in [-0.2, -0.15) is 0 Å². The van der Waals surface area contributed by atoms with Gasteiger partial charge in [-0.1, -0.05) is 6.92 Å². The van der Waals surface area contributed by atoms with Crippen molar-refractivity contribution in [1.29, 1.82) is 0 Å². The molecule has 1 N–H and O–H groups in total. The van der Waals surface area contributed by atoms with Crippen LogP contribution in [0.1, 0.15) is 37.3 Å². The van der Waals surface area contributed by atoms with Gasteiger partial charge in [0.25, 0.3) is 0 Å². The second kappa shape index (κ2) is 8.61. The summed E-state index contributed by atoms with van der Waals surface area (Å²) < 4.78 is 5.80. The molecule has 1 aromatic rings. The number of ether oxygens (including phenoxy) is 1. The average molecular weight is 256 g/mol. The topological polar surface area (TPSA) is 34.1 Å². The van der Waals surface area contributed by atoms with Gasteiger partial charge in [0, 0.05) is 11.3 Å². The Bertz CT molecular complexity index is 301. The number of hydrogen-bond acceptors (Lipinski definition) is 4. The van der Waals surface area contributed by atoms with Crippen molar-refractivity contribution in [2.45, 2.75) is 46.1 Å². The fraction of sp³-hybridized carbons (Fsp3) is 0.769. The van der Waals surface area contributed by atoms with Crippen LogP contribution < -0.4 is 5.32 Å². The molecular formula is C13H24N2OS. The monoisotopic (exact) mass is 256 g/mol. The Morgan fingerprint density at radius 3 is 3.00 bits per heavy atom. The van der Waals surface area contributed by atoms with E-state index in [1.165, 1.54) is 11.3 Å². The van der Waals surface area contributed by atoms with Gasteiger partial charge in [0.05, 0.1) is 23.9 Å². The van der Waals surface area contributed by atoms with E-state index in [-0.39, 0.29) is 0 Å². The molecule has 0 aliphatic rings. The van der Waals surface area contributed by atoms with Crippen LogP contribution in [-0.2, 0) is 11.2 Å². The molecule has 0 aliphatic carbocycles. The average Bonchev–Trinajstić information content (AvgIpc) is 2.71. The van der Waals surface area contributed by atoms with Gasteiger partial charge in [-0.05, 0) is 39.8 Å². The third-order valence-corrected chi connectivity index (χ3v) is 3.79. The van der Waals surface area contributed by atoms with Crippen LogP contribution in [-0.4, -0.2) is 30.8 Å². The van der Waals surface area contributed by atoms with Crippen molar-refractivity contribution in [3.05, 3.63) is 16.1 Å². The Hall–Kier alpha value is -0.450. The third-order valence-electron chi connectivity index (χ3n) is 2.79. The minimum Gasteiger partial charge on any atom is -0.378 e. The van der Waals surface area contributed by atoms with E-state index in [0.29, 0.717) is 6.10 Å². The Morgan fingerprint density at radius 2 is 2.35 bits per heavy atom. The van der Waals surface area contributed by atoms with Crippen LogP contribution in [0.4, 0.5) is 0 Å². The van der Waals surface area contributed by atoms with Crippen molar-refractivity contribution in [3.8, 4) is 0 Å². The summed E-state index contributed by atoms with van der Waals surface area (Å²) in [6.07, 6.45) is 3.68. The van der Waals surface area contributed by atoms with Gasteiger partial charge in [-0.3, -0.25) is 0 Å². The zero-order valence-electron chi connectivity index (χ0n) is 11.2. The van der Waals surface area contributed by atoms with E-state index in [4.69, 9.17) is 4.74 Å². The summed E-state index contributed by atoms with van der Waals surface area (Å²) in [5.74, 6) is 0. The van der Waals surface area contributed by atoms with Crippen LogP contribution in [0.25, 0.3) is 0 Å². The summed E-state index contributed by atoms with van der Waals surface area (Å²) in [6, 6.07) is 0. The predicted molar refractivity (Wildman–Crippen MR) is 73.7 cm³/mol. The molecule has 0 spiro atoms. The first-order chi connectivity index (χ1) is 8.24. The van der Waals surface area contributed by atoms with E-state index in [0.717, 1.165) is 38.2 Å². The number of rotatable bonds is 9. The summed E-state index contributed by atoms with van der Waals surface area (Å²) >= 11 is 1.72. The lowest BCUT2D eigenvalue weighted by molar-refractivity contribution is 0.0615. The van der Waals surface area contributed by atoms with Crippen LogP contribution in [0, 0.1) is 6.92 Å². The summed E-state index contributed by atoms with van der Waals surface area (Å²) in [5.41, 5.74) is 3.06. The van der Waals surface area contributed by atoms with Gasteiger partial charge >= 0.3 is 0 Å². The molecule has 98 valence electrons. The molecule has 17 heavy (non-hydrogen) atoms. The van der Waals surface area contributed by atoms with Crippen molar-refractivity contribution < 1.29 is 4.74 Å². The van der Waals surface area contributed by atoms with Crippen LogP contribution in [0.2, 0.25) is 0 Å². The zero-order chi connectivity index (χ0) is 12.5. The molecule has 0 aliphatic heterocycles. The summed E-state index contributed by atoms with van der Waals surface area (Å²) in [4.78, 5) is 5.59. The number of thiazole rings is 1. The Balaban J connectivity index is 2.04. The highest BCUT2D eigenvalue weighted by molar-refractivity contribution is 7.09. The van der Waals surface area contributed by atoms with Crippen LogP contribution in [0.3, 0.4) is 0 Å². The molecule has 0 saturated carbocycles. The largest absolute Gasteiger partial charge is 0.378 e. The molecule has 1 atom stereocenters. The van der Waals surface area contributed by atoms with Gasteiger partial charge < -0.3 is 10.1 Å². The van der Waals surface area contributed by atoms with E-state index in [1.807, 2.05) is 5.51 Å². The second-order valence-corrected chi connectivity index (χ2v) is 5.23. The highest BCUT2D eigenvalue weighted by Crippen LogP contribution is 2.13. The Labute approximate surface area is 109 Å². The standard InChI is InChI=1S/C13H24N2OS/c1-4-14-8-5-6-11(2)16-9-7-13-12(3)15-10-17-13/h10-11,14H,4-9H2,1-3H3. The number of aryl methyl sites for hydroxylation is 1. The van der Waals surface area contributed by atoms with E-state index in [1.54, 1.807) is 11.3 Å².